The molecule has 2 nitrogen and oxygen atoms in total. The predicted octanol–water partition coefficient (Wildman–Crippen LogP) is 1.20. The first-order valence-electron chi connectivity index (χ1n) is 4.45. The molecule has 0 aliphatic heterocycles. The first-order valence-corrected chi connectivity index (χ1v) is 5.98. The van der Waals surface area contributed by atoms with E-state index in [1.165, 1.54) is 24.1 Å². The Hall–Kier alpha value is 0.650. The summed E-state index contributed by atoms with van der Waals surface area (Å²) in [6, 6.07) is 0. The average molecular weight is 286 g/mol. The highest BCUT2D eigenvalue weighted by atomic mass is 127. The fourth-order valence-electron chi connectivity index (χ4n) is 0.911. The molecule has 0 N–H and O–H groups in total. The predicted molar refractivity (Wildman–Crippen MR) is 63.6 cm³/mol. The Balaban J connectivity index is 3.75. The smallest absolute Gasteiger partial charge is 0.128 e. The first kappa shape index (κ1) is 12.7. The van der Waals surface area contributed by atoms with Gasteiger partial charge in [-0.1, -0.05) is 22.6 Å². The number of likely N-dealkylation sites (N-methyl/N-ethyl adjacent to an activating group) is 2. The van der Waals surface area contributed by atoms with Crippen LogP contribution in [0.25, 0.3) is 0 Å². The Morgan fingerprint density at radius 2 is 1.33 bits per heavy atom. The van der Waals surface area contributed by atoms with Crippen LogP contribution in [0.5, 0.6) is 0 Å². The lowest BCUT2D eigenvalue weighted by atomic mass is 10.4. The maximum absolute atomic E-state index is 2.45. The van der Waals surface area contributed by atoms with Crippen LogP contribution in [0.3, 0.4) is 0 Å². The summed E-state index contributed by atoms with van der Waals surface area (Å²) in [5, 5.41) is 0. The number of hydrogen-bond donors (Lipinski definition) is 0. The SMILES string of the molecule is C[N+](C)(C)CC[N+](C)(C)CCI. The van der Waals surface area contributed by atoms with E-state index in [1.54, 1.807) is 0 Å². The van der Waals surface area contributed by atoms with Gasteiger partial charge in [-0.05, 0) is 0 Å². The Bertz CT molecular complexity index is 127. The van der Waals surface area contributed by atoms with Crippen molar-refractivity contribution in [1.82, 2.24) is 0 Å². The van der Waals surface area contributed by atoms with Gasteiger partial charge in [-0.25, -0.2) is 0 Å². The van der Waals surface area contributed by atoms with Gasteiger partial charge in [0.25, 0.3) is 0 Å². The number of alkyl halides is 1. The topological polar surface area (TPSA) is 0 Å². The second-order valence-electron chi connectivity index (χ2n) is 5.09. The quantitative estimate of drug-likeness (QED) is 0.405. The number of halogens is 1. The largest absolute Gasteiger partial charge is 0.326 e. The number of rotatable bonds is 5. The highest BCUT2D eigenvalue weighted by Gasteiger charge is 2.18. The summed E-state index contributed by atoms with van der Waals surface area (Å²) in [4.78, 5) is 0. The molecule has 0 aromatic carbocycles. The van der Waals surface area contributed by atoms with Gasteiger partial charge in [-0.15, -0.1) is 0 Å². The second kappa shape index (κ2) is 4.77. The Morgan fingerprint density at radius 1 is 0.833 bits per heavy atom. The molecule has 0 amide bonds. The minimum absolute atomic E-state index is 1.07. The van der Waals surface area contributed by atoms with Crippen molar-refractivity contribution in [1.29, 1.82) is 0 Å². The fraction of sp³-hybridized carbons (Fsp3) is 1.00. The van der Waals surface area contributed by atoms with E-state index in [0.29, 0.717) is 0 Å². The van der Waals surface area contributed by atoms with E-state index in [4.69, 9.17) is 0 Å². The van der Waals surface area contributed by atoms with Gasteiger partial charge in [0.05, 0.1) is 41.8 Å². The van der Waals surface area contributed by atoms with Crippen molar-refractivity contribution in [2.75, 3.05) is 59.3 Å². The normalized spacial score (nSPS) is 13.5. The van der Waals surface area contributed by atoms with Crippen LogP contribution < -0.4 is 0 Å². The van der Waals surface area contributed by atoms with E-state index >= 15 is 0 Å². The number of hydrogen-bond acceptors (Lipinski definition) is 0. The van der Waals surface area contributed by atoms with Gasteiger partial charge in [0.15, 0.2) is 0 Å². The lowest BCUT2D eigenvalue weighted by molar-refractivity contribution is -0.935. The van der Waals surface area contributed by atoms with Gasteiger partial charge in [-0.3, -0.25) is 0 Å². The molecule has 3 heteroatoms. The van der Waals surface area contributed by atoms with Crippen LogP contribution in [0.15, 0.2) is 0 Å². The summed E-state index contributed by atoms with van der Waals surface area (Å²) in [6.45, 7) is 3.80. The molecule has 0 bridgehead atoms. The minimum Gasteiger partial charge on any atom is -0.326 e. The molecule has 0 aromatic rings. The fourth-order valence-corrected chi connectivity index (χ4v) is 2.22. The number of quaternary nitrogens is 2. The summed E-state index contributed by atoms with van der Waals surface area (Å²) < 4.78 is 3.48. The van der Waals surface area contributed by atoms with Crippen molar-refractivity contribution in [2.24, 2.45) is 0 Å². The highest BCUT2D eigenvalue weighted by Crippen LogP contribution is 2.01. The van der Waals surface area contributed by atoms with Crippen molar-refractivity contribution in [3.63, 3.8) is 0 Å². The van der Waals surface area contributed by atoms with Crippen molar-refractivity contribution in [2.45, 2.75) is 0 Å². The number of nitrogens with zero attached hydrogens (tertiary/aromatic N) is 2. The molecule has 0 unspecified atom stereocenters. The first-order chi connectivity index (χ1) is 5.27. The van der Waals surface area contributed by atoms with E-state index < -0.39 is 0 Å². The lowest BCUT2D eigenvalue weighted by Gasteiger charge is -2.33. The summed E-state index contributed by atoms with van der Waals surface area (Å²) in [6.07, 6.45) is 0. The molecule has 0 atom stereocenters. The van der Waals surface area contributed by atoms with Gasteiger partial charge in [-0.2, -0.15) is 0 Å². The summed E-state index contributed by atoms with van der Waals surface area (Å²) in [5.74, 6) is 0. The molecule has 0 rings (SSSR count). The van der Waals surface area contributed by atoms with Crippen LogP contribution in [-0.4, -0.2) is 68.3 Å². The molecule has 12 heavy (non-hydrogen) atoms. The van der Waals surface area contributed by atoms with Crippen molar-refractivity contribution in [3.05, 3.63) is 0 Å². The Morgan fingerprint density at radius 3 is 1.67 bits per heavy atom. The van der Waals surface area contributed by atoms with Crippen LogP contribution in [0.2, 0.25) is 0 Å². The molecule has 0 saturated carbocycles. The van der Waals surface area contributed by atoms with E-state index in [-0.39, 0.29) is 0 Å². The molecular weight excluding hydrogens is 263 g/mol. The molecule has 0 aliphatic rings. The zero-order valence-electron chi connectivity index (χ0n) is 9.10. The average Bonchev–Trinajstić information content (AvgIpc) is 1.83. The molecule has 0 aliphatic carbocycles. The lowest BCUT2D eigenvalue weighted by Crippen LogP contribution is -2.49. The summed E-state index contributed by atoms with van der Waals surface area (Å²) >= 11 is 2.45. The van der Waals surface area contributed by atoms with Crippen molar-refractivity contribution >= 4 is 22.6 Å². The zero-order valence-corrected chi connectivity index (χ0v) is 11.3. The van der Waals surface area contributed by atoms with Gasteiger partial charge in [0.1, 0.15) is 13.1 Å². The Kier molecular flexibility index (Phi) is 5.02. The van der Waals surface area contributed by atoms with E-state index in [1.807, 2.05) is 0 Å². The van der Waals surface area contributed by atoms with Crippen LogP contribution in [-0.2, 0) is 0 Å². The summed E-state index contributed by atoms with van der Waals surface area (Å²) in [5.41, 5.74) is 0. The maximum atomic E-state index is 2.45. The standard InChI is InChI=1S/C9H23IN2/c1-11(2,3)8-9-12(4,5)7-6-10/h6-9H2,1-5H3/q+2. The molecule has 0 fully saturated rings. The molecule has 0 saturated heterocycles. The monoisotopic (exact) mass is 286 g/mol. The molecule has 74 valence electrons. The van der Waals surface area contributed by atoms with Crippen LogP contribution >= 0.6 is 22.6 Å². The van der Waals surface area contributed by atoms with Crippen LogP contribution in [0.4, 0.5) is 0 Å². The molecular formula is C9H23IN2+2. The maximum Gasteiger partial charge on any atom is 0.128 e. The van der Waals surface area contributed by atoms with E-state index in [9.17, 15) is 0 Å². The third kappa shape index (κ3) is 7.31. The minimum atomic E-state index is 1.07. The van der Waals surface area contributed by atoms with Crippen molar-refractivity contribution in [3.8, 4) is 0 Å². The summed E-state index contributed by atoms with van der Waals surface area (Å²) in [7, 11) is 11.4. The van der Waals surface area contributed by atoms with Crippen LogP contribution in [0.1, 0.15) is 0 Å². The zero-order chi connectivity index (χ0) is 9.83. The molecule has 0 radical (unpaired) electrons. The Labute approximate surface area is 90.9 Å². The van der Waals surface area contributed by atoms with Gasteiger partial charge < -0.3 is 8.97 Å². The van der Waals surface area contributed by atoms with Gasteiger partial charge in [0.2, 0.25) is 0 Å². The third-order valence-corrected chi connectivity index (χ3v) is 2.55. The van der Waals surface area contributed by atoms with Crippen LogP contribution in [0, 0.1) is 0 Å². The van der Waals surface area contributed by atoms with Gasteiger partial charge in [0, 0.05) is 4.43 Å². The second-order valence-corrected chi connectivity index (χ2v) is 6.16. The molecule has 0 spiro atoms. The van der Waals surface area contributed by atoms with E-state index in [2.05, 4.69) is 57.8 Å². The highest BCUT2D eigenvalue weighted by molar-refractivity contribution is 14.1. The van der Waals surface area contributed by atoms with Gasteiger partial charge >= 0.3 is 0 Å². The third-order valence-electron chi connectivity index (χ3n) is 2.07. The van der Waals surface area contributed by atoms with Crippen molar-refractivity contribution < 1.29 is 8.97 Å². The van der Waals surface area contributed by atoms with E-state index in [0.717, 1.165) is 8.97 Å². The molecule has 0 aromatic heterocycles. The molecule has 0 heterocycles.